The van der Waals surface area contributed by atoms with Crippen LogP contribution in [0.25, 0.3) is 0 Å². The molecule has 102 valence electrons. The smallest absolute Gasteiger partial charge is 0.233 e. The average molecular weight is 273 g/mol. The molecule has 0 radical (unpaired) electrons. The highest BCUT2D eigenvalue weighted by atomic mass is 32.2. The Hall–Kier alpha value is -1.34. The van der Waals surface area contributed by atoms with Gasteiger partial charge in [0.1, 0.15) is 5.82 Å². The minimum absolute atomic E-state index is 0.0997. The molecule has 1 rings (SSSR count). The van der Waals surface area contributed by atoms with Crippen molar-refractivity contribution in [3.8, 4) is 0 Å². The SMILES string of the molecule is CCCS(=O)(=O)Nc1ccc(NCCOC)cn1. The monoisotopic (exact) mass is 273 g/mol. The summed E-state index contributed by atoms with van der Waals surface area (Å²) in [5, 5.41) is 3.10. The van der Waals surface area contributed by atoms with Crippen LogP contribution in [0.15, 0.2) is 18.3 Å². The van der Waals surface area contributed by atoms with Crippen molar-refractivity contribution in [1.82, 2.24) is 4.98 Å². The molecule has 0 fully saturated rings. The molecule has 7 heteroatoms. The molecule has 0 bridgehead atoms. The standard InChI is InChI=1S/C11H19N3O3S/c1-3-8-18(15,16)14-11-5-4-10(9-13-11)12-6-7-17-2/h4-5,9,12H,3,6-8H2,1-2H3,(H,13,14). The minimum atomic E-state index is -3.27. The molecule has 0 aliphatic carbocycles. The summed E-state index contributed by atoms with van der Waals surface area (Å²) in [5.41, 5.74) is 0.825. The molecule has 0 unspecified atom stereocenters. The van der Waals surface area contributed by atoms with Crippen LogP contribution in [-0.4, -0.2) is 39.4 Å². The van der Waals surface area contributed by atoms with Crippen molar-refractivity contribution in [2.45, 2.75) is 13.3 Å². The number of hydrogen-bond donors (Lipinski definition) is 2. The summed E-state index contributed by atoms with van der Waals surface area (Å²) in [6.45, 7) is 3.10. The second-order valence-electron chi connectivity index (χ2n) is 3.77. The minimum Gasteiger partial charge on any atom is -0.383 e. The topological polar surface area (TPSA) is 80.3 Å². The van der Waals surface area contributed by atoms with Gasteiger partial charge in [0.2, 0.25) is 10.0 Å². The second kappa shape index (κ2) is 7.17. The summed E-state index contributed by atoms with van der Waals surface area (Å²) in [6.07, 6.45) is 2.16. The van der Waals surface area contributed by atoms with Crippen LogP contribution in [0.5, 0.6) is 0 Å². The number of nitrogens with zero attached hydrogens (tertiary/aromatic N) is 1. The predicted molar refractivity (Wildman–Crippen MR) is 72.3 cm³/mol. The van der Waals surface area contributed by atoms with Gasteiger partial charge in [-0.05, 0) is 18.6 Å². The molecule has 1 aromatic heterocycles. The van der Waals surface area contributed by atoms with E-state index in [-0.39, 0.29) is 5.75 Å². The van der Waals surface area contributed by atoms with E-state index in [2.05, 4.69) is 15.0 Å². The Bertz CT molecular complexity index is 445. The molecule has 0 aliphatic rings. The first-order chi connectivity index (χ1) is 8.57. The third-order valence-electron chi connectivity index (χ3n) is 2.13. The Morgan fingerprint density at radius 1 is 1.39 bits per heavy atom. The number of aromatic nitrogens is 1. The summed E-state index contributed by atoms with van der Waals surface area (Å²) in [7, 11) is -1.64. The number of pyridine rings is 1. The largest absolute Gasteiger partial charge is 0.383 e. The lowest BCUT2D eigenvalue weighted by molar-refractivity contribution is 0.211. The summed E-state index contributed by atoms with van der Waals surface area (Å²) in [5.74, 6) is 0.434. The Morgan fingerprint density at radius 2 is 2.17 bits per heavy atom. The van der Waals surface area contributed by atoms with Gasteiger partial charge in [-0.25, -0.2) is 13.4 Å². The van der Waals surface area contributed by atoms with Crippen molar-refractivity contribution in [1.29, 1.82) is 0 Å². The van der Waals surface area contributed by atoms with Gasteiger partial charge in [0, 0.05) is 13.7 Å². The van der Waals surface area contributed by atoms with Gasteiger partial charge in [-0.2, -0.15) is 0 Å². The van der Waals surface area contributed by atoms with Gasteiger partial charge in [0.05, 0.1) is 24.2 Å². The third kappa shape index (κ3) is 5.33. The van der Waals surface area contributed by atoms with E-state index in [4.69, 9.17) is 4.74 Å². The van der Waals surface area contributed by atoms with E-state index < -0.39 is 10.0 Å². The lowest BCUT2D eigenvalue weighted by Crippen LogP contribution is -2.17. The first-order valence-corrected chi connectivity index (χ1v) is 7.42. The van der Waals surface area contributed by atoms with Crippen molar-refractivity contribution in [3.05, 3.63) is 18.3 Å². The Kier molecular flexibility index (Phi) is 5.87. The molecule has 0 saturated carbocycles. The molecule has 0 saturated heterocycles. The fraction of sp³-hybridized carbons (Fsp3) is 0.545. The highest BCUT2D eigenvalue weighted by Crippen LogP contribution is 2.11. The Morgan fingerprint density at radius 3 is 2.72 bits per heavy atom. The molecule has 2 N–H and O–H groups in total. The Labute approximate surface area is 108 Å². The number of anilines is 2. The van der Waals surface area contributed by atoms with Crippen LogP contribution in [0, 0.1) is 0 Å². The number of methoxy groups -OCH3 is 1. The molecule has 18 heavy (non-hydrogen) atoms. The van der Waals surface area contributed by atoms with E-state index in [1.165, 1.54) is 0 Å². The summed E-state index contributed by atoms with van der Waals surface area (Å²) in [4.78, 5) is 4.03. The summed E-state index contributed by atoms with van der Waals surface area (Å²) >= 11 is 0. The molecule has 0 aromatic carbocycles. The normalized spacial score (nSPS) is 11.2. The van der Waals surface area contributed by atoms with Gasteiger partial charge >= 0.3 is 0 Å². The van der Waals surface area contributed by atoms with Gasteiger partial charge in [0.15, 0.2) is 0 Å². The van der Waals surface area contributed by atoms with Crippen LogP contribution in [0.2, 0.25) is 0 Å². The van der Waals surface area contributed by atoms with E-state index in [0.29, 0.717) is 25.4 Å². The van der Waals surface area contributed by atoms with Crippen molar-refractivity contribution >= 4 is 21.5 Å². The molecule has 0 spiro atoms. The molecular weight excluding hydrogens is 254 g/mol. The molecule has 1 heterocycles. The molecule has 0 amide bonds. The molecule has 0 aliphatic heterocycles. The maximum Gasteiger partial charge on any atom is 0.233 e. The zero-order valence-corrected chi connectivity index (χ0v) is 11.5. The highest BCUT2D eigenvalue weighted by molar-refractivity contribution is 7.92. The van der Waals surface area contributed by atoms with Gasteiger partial charge in [-0.3, -0.25) is 4.72 Å². The van der Waals surface area contributed by atoms with Crippen LogP contribution >= 0.6 is 0 Å². The van der Waals surface area contributed by atoms with E-state index in [0.717, 1.165) is 5.69 Å². The van der Waals surface area contributed by atoms with Crippen molar-refractivity contribution in [3.63, 3.8) is 0 Å². The van der Waals surface area contributed by atoms with Gasteiger partial charge in [0.25, 0.3) is 0 Å². The predicted octanol–water partition coefficient (Wildman–Crippen LogP) is 1.29. The van der Waals surface area contributed by atoms with Crippen molar-refractivity contribution in [2.24, 2.45) is 0 Å². The van der Waals surface area contributed by atoms with E-state index in [1.807, 2.05) is 6.92 Å². The lowest BCUT2D eigenvalue weighted by Gasteiger charge is -2.08. The van der Waals surface area contributed by atoms with E-state index >= 15 is 0 Å². The van der Waals surface area contributed by atoms with Crippen molar-refractivity contribution in [2.75, 3.05) is 36.1 Å². The first kappa shape index (κ1) is 14.7. The van der Waals surface area contributed by atoms with Gasteiger partial charge in [-0.15, -0.1) is 0 Å². The number of sulfonamides is 1. The van der Waals surface area contributed by atoms with Crippen molar-refractivity contribution < 1.29 is 13.2 Å². The maximum atomic E-state index is 11.5. The zero-order valence-electron chi connectivity index (χ0n) is 10.6. The molecule has 6 nitrogen and oxygen atoms in total. The van der Waals surface area contributed by atoms with E-state index in [9.17, 15) is 8.42 Å². The number of rotatable bonds is 8. The second-order valence-corrected chi connectivity index (χ2v) is 5.61. The summed E-state index contributed by atoms with van der Waals surface area (Å²) < 4.78 is 30.4. The number of ether oxygens (including phenoxy) is 1. The average Bonchev–Trinajstić information content (AvgIpc) is 2.31. The van der Waals surface area contributed by atoms with E-state index in [1.54, 1.807) is 25.4 Å². The fourth-order valence-electron chi connectivity index (χ4n) is 1.34. The summed E-state index contributed by atoms with van der Waals surface area (Å²) in [6, 6.07) is 3.40. The molecular formula is C11H19N3O3S. The lowest BCUT2D eigenvalue weighted by atomic mass is 10.4. The van der Waals surface area contributed by atoms with Gasteiger partial charge in [-0.1, -0.05) is 6.92 Å². The first-order valence-electron chi connectivity index (χ1n) is 5.76. The number of hydrogen-bond acceptors (Lipinski definition) is 5. The van der Waals surface area contributed by atoms with Crippen LogP contribution in [0.3, 0.4) is 0 Å². The van der Waals surface area contributed by atoms with Crippen LogP contribution in [-0.2, 0) is 14.8 Å². The Balaban J connectivity index is 2.55. The fourth-order valence-corrected chi connectivity index (χ4v) is 2.41. The van der Waals surface area contributed by atoms with Crippen LogP contribution in [0.1, 0.15) is 13.3 Å². The highest BCUT2D eigenvalue weighted by Gasteiger charge is 2.08. The van der Waals surface area contributed by atoms with Crippen LogP contribution < -0.4 is 10.0 Å². The molecule has 1 aromatic rings. The quantitative estimate of drug-likeness (QED) is 0.698. The maximum absolute atomic E-state index is 11.5. The zero-order chi connectivity index (χ0) is 13.4. The van der Waals surface area contributed by atoms with Gasteiger partial charge < -0.3 is 10.1 Å². The third-order valence-corrected chi connectivity index (χ3v) is 3.60. The molecule has 0 atom stereocenters. The van der Waals surface area contributed by atoms with Crippen LogP contribution in [0.4, 0.5) is 11.5 Å². The number of nitrogens with one attached hydrogen (secondary N) is 2.